The third-order valence-electron chi connectivity index (χ3n) is 0.643. The van der Waals surface area contributed by atoms with Crippen LogP contribution in [0.5, 0.6) is 0 Å². The lowest BCUT2D eigenvalue weighted by Gasteiger charge is -2.00. The van der Waals surface area contributed by atoms with Gasteiger partial charge in [0.2, 0.25) is 8.96 Å². The fraction of sp³-hybridized carbons (Fsp3) is 0. The average Bonchev–Trinajstić information content (AvgIpc) is 2.10. The Bertz CT molecular complexity index is 297. The Balaban J connectivity index is 2.73. The number of rotatable bonds is 2. The molecule has 0 bridgehead atoms. The Hall–Kier alpha value is 0.240. The molecule has 0 aliphatic carbocycles. The van der Waals surface area contributed by atoms with Crippen LogP contribution in [0.2, 0.25) is 0 Å². The minimum Gasteiger partial charge on any atom is -0.308 e. The van der Waals surface area contributed by atoms with Gasteiger partial charge in [-0.3, -0.25) is 5.09 Å². The summed E-state index contributed by atoms with van der Waals surface area (Å²) in [5, 5.41) is 2.04. The number of nitrogens with zero attached hydrogens (tertiary/aromatic N) is 2. The molecule has 0 spiro atoms. The zero-order valence-electron chi connectivity index (χ0n) is 4.93. The van der Waals surface area contributed by atoms with Crippen molar-refractivity contribution in [2.45, 2.75) is 0 Å². The van der Waals surface area contributed by atoms with E-state index in [1.807, 2.05) is 27.7 Å². The van der Waals surface area contributed by atoms with Crippen molar-refractivity contribution in [3.05, 3.63) is 3.83 Å². The molecule has 0 saturated heterocycles. The number of anilines is 1. The van der Waals surface area contributed by atoms with Crippen molar-refractivity contribution >= 4 is 47.0 Å². The van der Waals surface area contributed by atoms with Crippen LogP contribution in [0, 0.1) is 3.83 Å². The Morgan fingerprint density at radius 1 is 1.64 bits per heavy atom. The summed E-state index contributed by atoms with van der Waals surface area (Å²) in [7, 11) is -4.22. The van der Waals surface area contributed by atoms with E-state index in [1.165, 1.54) is 0 Å². The van der Waals surface area contributed by atoms with Crippen LogP contribution in [0.15, 0.2) is 0 Å². The zero-order chi connectivity index (χ0) is 8.48. The molecule has 0 amide bonds. The lowest BCUT2D eigenvalue weighted by molar-refractivity contribution is 0.380. The fourth-order valence-electron chi connectivity index (χ4n) is 0.376. The Labute approximate surface area is 79.6 Å². The van der Waals surface area contributed by atoms with Gasteiger partial charge < -0.3 is 9.79 Å². The standard InChI is InChI=1S/C2H3IN3O3PS/c3-1-4-2(11-6-1)5-10(7,8)9/h(H3,4,5,6,7,8,9). The fourth-order valence-corrected chi connectivity index (χ4v) is 2.22. The van der Waals surface area contributed by atoms with Gasteiger partial charge >= 0.3 is 7.75 Å². The quantitative estimate of drug-likeness (QED) is 0.548. The average molecular weight is 307 g/mol. The molecular formula is C2H3IN3O3PS. The molecule has 1 aromatic heterocycles. The summed E-state index contributed by atoms with van der Waals surface area (Å²) in [5.41, 5.74) is 0. The predicted molar refractivity (Wildman–Crippen MR) is 48.3 cm³/mol. The molecule has 0 fully saturated rings. The second-order valence-electron chi connectivity index (χ2n) is 1.52. The van der Waals surface area contributed by atoms with Crippen molar-refractivity contribution in [3.8, 4) is 0 Å². The molecule has 0 aromatic carbocycles. The highest BCUT2D eigenvalue weighted by atomic mass is 127. The van der Waals surface area contributed by atoms with Gasteiger partial charge in [-0.15, -0.1) is 0 Å². The SMILES string of the molecule is O=P(O)(O)Nc1nc(I)ns1. The van der Waals surface area contributed by atoms with Crippen LogP contribution in [0.3, 0.4) is 0 Å². The van der Waals surface area contributed by atoms with Gasteiger partial charge in [-0.25, -0.2) is 4.57 Å². The van der Waals surface area contributed by atoms with E-state index >= 15 is 0 Å². The second kappa shape index (κ2) is 3.31. The molecule has 62 valence electrons. The molecule has 1 aromatic rings. The Kier molecular flexibility index (Phi) is 2.81. The minimum atomic E-state index is -4.22. The highest BCUT2D eigenvalue weighted by Gasteiger charge is 2.14. The molecule has 1 heterocycles. The first kappa shape index (κ1) is 9.33. The van der Waals surface area contributed by atoms with Gasteiger partial charge in [-0.2, -0.15) is 9.36 Å². The molecule has 6 nitrogen and oxygen atoms in total. The van der Waals surface area contributed by atoms with Crippen molar-refractivity contribution in [1.29, 1.82) is 0 Å². The third kappa shape index (κ3) is 3.43. The molecule has 1 rings (SSSR count). The minimum absolute atomic E-state index is 0.128. The summed E-state index contributed by atoms with van der Waals surface area (Å²) < 4.78 is 14.5. The van der Waals surface area contributed by atoms with Crippen molar-refractivity contribution in [3.63, 3.8) is 0 Å². The third-order valence-corrected chi connectivity index (χ3v) is 2.74. The van der Waals surface area contributed by atoms with E-state index in [0.29, 0.717) is 3.83 Å². The molecule has 11 heavy (non-hydrogen) atoms. The zero-order valence-corrected chi connectivity index (χ0v) is 8.80. The summed E-state index contributed by atoms with van der Waals surface area (Å²) in [6, 6.07) is 0. The molecule has 0 unspecified atom stereocenters. The van der Waals surface area contributed by atoms with E-state index < -0.39 is 7.75 Å². The summed E-state index contributed by atoms with van der Waals surface area (Å²) in [5.74, 6) is 0. The highest BCUT2D eigenvalue weighted by Crippen LogP contribution is 2.35. The van der Waals surface area contributed by atoms with E-state index in [9.17, 15) is 4.57 Å². The molecule has 0 radical (unpaired) electrons. The number of nitrogens with one attached hydrogen (secondary N) is 1. The largest absolute Gasteiger partial charge is 0.429 e. The Morgan fingerprint density at radius 3 is 2.64 bits per heavy atom. The monoisotopic (exact) mass is 307 g/mol. The van der Waals surface area contributed by atoms with Crippen molar-refractivity contribution in [1.82, 2.24) is 9.36 Å². The van der Waals surface area contributed by atoms with Crippen LogP contribution in [0.25, 0.3) is 0 Å². The first-order chi connectivity index (χ1) is 4.97. The Morgan fingerprint density at radius 2 is 2.27 bits per heavy atom. The summed E-state index contributed by atoms with van der Waals surface area (Å²) >= 11 is 2.75. The van der Waals surface area contributed by atoms with Gasteiger partial charge in [0.05, 0.1) is 0 Å². The molecule has 0 atom stereocenters. The van der Waals surface area contributed by atoms with Gasteiger partial charge in [0, 0.05) is 34.1 Å². The first-order valence-electron chi connectivity index (χ1n) is 2.30. The van der Waals surface area contributed by atoms with Crippen LogP contribution in [-0.2, 0) is 4.57 Å². The molecular weight excluding hydrogens is 304 g/mol. The number of halogens is 1. The van der Waals surface area contributed by atoms with E-state index in [2.05, 4.69) is 9.36 Å². The maximum absolute atomic E-state index is 10.3. The van der Waals surface area contributed by atoms with E-state index in [4.69, 9.17) is 9.79 Å². The summed E-state index contributed by atoms with van der Waals surface area (Å²) in [6.45, 7) is 0. The van der Waals surface area contributed by atoms with Crippen LogP contribution in [0.4, 0.5) is 5.13 Å². The van der Waals surface area contributed by atoms with Crippen molar-refractivity contribution < 1.29 is 14.4 Å². The van der Waals surface area contributed by atoms with Crippen LogP contribution in [0.1, 0.15) is 0 Å². The second-order valence-corrected chi connectivity index (χ2v) is 4.55. The van der Waals surface area contributed by atoms with Crippen LogP contribution in [-0.4, -0.2) is 19.1 Å². The van der Waals surface area contributed by atoms with E-state index in [1.54, 1.807) is 0 Å². The van der Waals surface area contributed by atoms with Gasteiger partial charge in [0.15, 0.2) is 0 Å². The number of aromatic nitrogens is 2. The molecule has 9 heteroatoms. The van der Waals surface area contributed by atoms with Crippen molar-refractivity contribution in [2.75, 3.05) is 5.09 Å². The van der Waals surface area contributed by atoms with Gasteiger partial charge in [0.1, 0.15) is 0 Å². The van der Waals surface area contributed by atoms with Gasteiger partial charge in [-0.1, -0.05) is 0 Å². The van der Waals surface area contributed by atoms with Crippen molar-refractivity contribution in [2.24, 2.45) is 0 Å². The van der Waals surface area contributed by atoms with Gasteiger partial charge in [-0.05, 0) is 0 Å². The van der Waals surface area contributed by atoms with Gasteiger partial charge in [0.25, 0.3) is 0 Å². The van der Waals surface area contributed by atoms with E-state index in [-0.39, 0.29) is 5.13 Å². The number of hydrogen-bond acceptors (Lipinski definition) is 4. The van der Waals surface area contributed by atoms with Crippen LogP contribution >= 0.6 is 41.9 Å². The maximum atomic E-state index is 10.3. The molecule has 0 aliphatic rings. The summed E-state index contributed by atoms with van der Waals surface area (Å²) in [6.07, 6.45) is 0. The van der Waals surface area contributed by atoms with Crippen LogP contribution < -0.4 is 5.09 Å². The molecule has 0 aliphatic heterocycles. The number of hydrogen-bond donors (Lipinski definition) is 3. The van der Waals surface area contributed by atoms with E-state index in [0.717, 1.165) is 11.5 Å². The predicted octanol–water partition coefficient (Wildman–Crippen LogP) is 0.647. The topological polar surface area (TPSA) is 95.3 Å². The highest BCUT2D eigenvalue weighted by molar-refractivity contribution is 14.1. The summed E-state index contributed by atoms with van der Waals surface area (Å²) in [4.78, 5) is 20.5. The normalized spacial score (nSPS) is 11.5. The molecule has 0 saturated carbocycles. The smallest absolute Gasteiger partial charge is 0.308 e. The first-order valence-corrected chi connectivity index (χ1v) is 5.77. The molecule has 3 N–H and O–H groups in total. The lowest BCUT2D eigenvalue weighted by atomic mass is 11.2. The maximum Gasteiger partial charge on any atom is 0.429 e. The lowest BCUT2D eigenvalue weighted by Crippen LogP contribution is -1.93.